The normalized spacial score (nSPS) is 25.6. The van der Waals surface area contributed by atoms with Crippen LogP contribution < -0.4 is 5.73 Å². The maximum Gasteiger partial charge on any atom is 0.242 e. The molecular weight excluding hydrogens is 284 g/mol. The van der Waals surface area contributed by atoms with Crippen LogP contribution in [0, 0.1) is 5.41 Å². The summed E-state index contributed by atoms with van der Waals surface area (Å²) in [5.74, 6) is 0. The molecule has 5 heteroatoms. The van der Waals surface area contributed by atoms with Gasteiger partial charge in [0, 0.05) is 24.5 Å². The van der Waals surface area contributed by atoms with Crippen LogP contribution in [0.25, 0.3) is 0 Å². The lowest BCUT2D eigenvalue weighted by Gasteiger charge is -2.30. The highest BCUT2D eigenvalue weighted by molar-refractivity contribution is 7.93. The highest BCUT2D eigenvalue weighted by Gasteiger charge is 2.31. The third-order valence-electron chi connectivity index (χ3n) is 3.47. The van der Waals surface area contributed by atoms with Gasteiger partial charge in [-0.2, -0.15) is 4.31 Å². The van der Waals surface area contributed by atoms with Gasteiger partial charge >= 0.3 is 0 Å². The Hall–Kier alpha value is -0.910. The summed E-state index contributed by atoms with van der Waals surface area (Å²) in [5, 5.41) is 0. The molecule has 2 N–H and O–H groups in total. The molecule has 0 amide bonds. The predicted octanol–water partition coefficient (Wildman–Crippen LogP) is 2.80. The van der Waals surface area contributed by atoms with E-state index >= 15 is 0 Å². The summed E-state index contributed by atoms with van der Waals surface area (Å²) in [6.07, 6.45) is 10.9. The summed E-state index contributed by atoms with van der Waals surface area (Å²) in [5.41, 5.74) is 5.62. The van der Waals surface area contributed by atoms with Crippen molar-refractivity contribution in [2.45, 2.75) is 46.6 Å². The Bertz CT molecular complexity index is 530. The van der Waals surface area contributed by atoms with E-state index in [1.807, 2.05) is 45.9 Å². The van der Waals surface area contributed by atoms with Crippen molar-refractivity contribution >= 4 is 10.0 Å². The van der Waals surface area contributed by atoms with Gasteiger partial charge in [0.15, 0.2) is 0 Å². The molecule has 4 nitrogen and oxygen atoms in total. The summed E-state index contributed by atoms with van der Waals surface area (Å²) >= 11 is 0. The lowest BCUT2D eigenvalue weighted by atomic mass is 9.93. The zero-order valence-corrected chi connectivity index (χ0v) is 14.4. The van der Waals surface area contributed by atoms with Crippen LogP contribution in [0.5, 0.6) is 0 Å². The second kappa shape index (κ2) is 7.38. The van der Waals surface area contributed by atoms with Crippen molar-refractivity contribution in [2.24, 2.45) is 11.1 Å². The molecule has 1 atom stereocenters. The number of nitrogens with zero attached hydrogens (tertiary/aromatic N) is 1. The number of rotatable bonds is 2. The van der Waals surface area contributed by atoms with Gasteiger partial charge in [-0.25, -0.2) is 8.42 Å². The van der Waals surface area contributed by atoms with Crippen molar-refractivity contribution in [3.8, 4) is 0 Å². The number of hydrogen-bond acceptors (Lipinski definition) is 3. The van der Waals surface area contributed by atoms with E-state index in [0.717, 1.165) is 12.8 Å². The average molecular weight is 312 g/mol. The van der Waals surface area contributed by atoms with Crippen molar-refractivity contribution in [2.75, 3.05) is 13.1 Å². The van der Waals surface area contributed by atoms with E-state index in [-0.39, 0.29) is 11.5 Å². The van der Waals surface area contributed by atoms with Crippen LogP contribution >= 0.6 is 0 Å². The van der Waals surface area contributed by atoms with Gasteiger partial charge in [-0.05, 0) is 18.9 Å². The topological polar surface area (TPSA) is 63.4 Å². The third kappa shape index (κ3) is 4.80. The van der Waals surface area contributed by atoms with E-state index < -0.39 is 10.0 Å². The molecule has 1 unspecified atom stereocenters. The van der Waals surface area contributed by atoms with Crippen molar-refractivity contribution < 1.29 is 8.42 Å². The molecule has 0 aromatic heterocycles. The molecule has 1 aliphatic heterocycles. The van der Waals surface area contributed by atoms with E-state index in [2.05, 4.69) is 0 Å². The highest BCUT2D eigenvalue weighted by atomic mass is 32.2. The Morgan fingerprint density at radius 1 is 1.29 bits per heavy atom. The number of piperidine rings is 1. The van der Waals surface area contributed by atoms with Gasteiger partial charge in [-0.1, -0.05) is 52.0 Å². The molecule has 1 aliphatic carbocycles. The Morgan fingerprint density at radius 2 is 1.95 bits per heavy atom. The van der Waals surface area contributed by atoms with Crippen LogP contribution in [0.2, 0.25) is 0 Å². The average Bonchev–Trinajstić information content (AvgIpc) is 2.62. The first-order valence-electron chi connectivity index (χ1n) is 7.66. The zero-order valence-electron chi connectivity index (χ0n) is 13.5. The Balaban J connectivity index is 0.00000106. The number of nitrogens with two attached hydrogens (primary N) is 1. The van der Waals surface area contributed by atoms with Gasteiger partial charge in [0.05, 0.1) is 4.91 Å². The molecule has 0 radical (unpaired) electrons. The Morgan fingerprint density at radius 3 is 2.57 bits per heavy atom. The molecule has 0 aromatic carbocycles. The second-order valence-corrected chi connectivity index (χ2v) is 7.79. The molecule has 0 spiro atoms. The van der Waals surface area contributed by atoms with Crippen molar-refractivity contribution in [3.63, 3.8) is 0 Å². The van der Waals surface area contributed by atoms with Gasteiger partial charge in [0.25, 0.3) is 0 Å². The lowest BCUT2D eigenvalue weighted by Crippen LogP contribution is -2.45. The smallest absolute Gasteiger partial charge is 0.242 e. The van der Waals surface area contributed by atoms with Crippen LogP contribution in [-0.4, -0.2) is 31.9 Å². The monoisotopic (exact) mass is 312 g/mol. The van der Waals surface area contributed by atoms with Gasteiger partial charge in [-0.15, -0.1) is 0 Å². The molecule has 0 aromatic rings. The van der Waals surface area contributed by atoms with Crippen molar-refractivity contribution in [3.05, 3.63) is 35.3 Å². The molecule has 2 aliphatic rings. The first kappa shape index (κ1) is 18.1. The van der Waals surface area contributed by atoms with Crippen molar-refractivity contribution in [1.82, 2.24) is 4.31 Å². The molecular formula is C16H28N2O2S. The zero-order chi connectivity index (χ0) is 16.1. The van der Waals surface area contributed by atoms with E-state index in [1.165, 1.54) is 4.31 Å². The second-order valence-electron chi connectivity index (χ2n) is 5.85. The fraction of sp³-hybridized carbons (Fsp3) is 0.625. The van der Waals surface area contributed by atoms with Crippen LogP contribution in [0.1, 0.15) is 40.5 Å². The number of allylic oxidation sites excluding steroid dienone is 5. The SMILES string of the molecule is CC.CC1(C)C=CC=CC(S(=O)(=O)N2CCCC(N)C2)=C1. The minimum Gasteiger partial charge on any atom is -0.327 e. The fourth-order valence-electron chi connectivity index (χ4n) is 2.42. The van der Waals surface area contributed by atoms with E-state index in [1.54, 1.807) is 12.2 Å². The van der Waals surface area contributed by atoms with Gasteiger partial charge < -0.3 is 5.73 Å². The molecule has 1 heterocycles. The summed E-state index contributed by atoms with van der Waals surface area (Å²) < 4.78 is 26.8. The Kier molecular flexibility index (Phi) is 6.38. The molecule has 1 saturated heterocycles. The molecule has 0 saturated carbocycles. The standard InChI is InChI=1S/C14H22N2O2S.C2H6/c1-14(2)8-4-3-7-13(10-14)19(17,18)16-9-5-6-12(15)11-16;1-2/h3-4,7-8,10,12H,5-6,9,11,15H2,1-2H3;1-2H3. The summed E-state index contributed by atoms with van der Waals surface area (Å²) in [6.45, 7) is 8.97. The first-order chi connectivity index (χ1) is 9.81. The number of sulfonamides is 1. The summed E-state index contributed by atoms with van der Waals surface area (Å²) in [4.78, 5) is 0.372. The molecule has 120 valence electrons. The van der Waals surface area contributed by atoms with Crippen molar-refractivity contribution in [1.29, 1.82) is 0 Å². The Labute approximate surface area is 129 Å². The van der Waals surface area contributed by atoms with E-state index in [0.29, 0.717) is 18.0 Å². The quantitative estimate of drug-likeness (QED) is 0.853. The predicted molar refractivity (Wildman–Crippen MR) is 89.2 cm³/mol. The highest BCUT2D eigenvalue weighted by Crippen LogP contribution is 2.28. The third-order valence-corrected chi connectivity index (χ3v) is 5.33. The fourth-order valence-corrected chi connectivity index (χ4v) is 4.18. The van der Waals surface area contributed by atoms with Crippen LogP contribution in [0.3, 0.4) is 0 Å². The minimum absolute atomic E-state index is 0.0509. The van der Waals surface area contributed by atoms with Gasteiger partial charge in [-0.3, -0.25) is 0 Å². The molecule has 1 fully saturated rings. The van der Waals surface area contributed by atoms with Crippen LogP contribution in [0.4, 0.5) is 0 Å². The van der Waals surface area contributed by atoms with E-state index in [4.69, 9.17) is 5.73 Å². The van der Waals surface area contributed by atoms with Gasteiger partial charge in [0.1, 0.15) is 0 Å². The van der Waals surface area contributed by atoms with E-state index in [9.17, 15) is 8.42 Å². The first-order valence-corrected chi connectivity index (χ1v) is 9.10. The van der Waals surface area contributed by atoms with Gasteiger partial charge in [0.2, 0.25) is 10.0 Å². The minimum atomic E-state index is -3.42. The largest absolute Gasteiger partial charge is 0.327 e. The van der Waals surface area contributed by atoms with Crippen LogP contribution in [-0.2, 0) is 10.0 Å². The maximum atomic E-state index is 12.6. The summed E-state index contributed by atoms with van der Waals surface area (Å²) in [6, 6.07) is -0.0509. The molecule has 0 bridgehead atoms. The molecule has 2 rings (SSSR count). The lowest BCUT2D eigenvalue weighted by molar-refractivity contribution is 0.318. The number of hydrogen-bond donors (Lipinski definition) is 1. The van der Waals surface area contributed by atoms with Crippen LogP contribution in [0.15, 0.2) is 35.3 Å². The summed E-state index contributed by atoms with van der Waals surface area (Å²) in [7, 11) is -3.42. The molecule has 21 heavy (non-hydrogen) atoms. The maximum absolute atomic E-state index is 12.6.